The molecule has 1 N–H and O–H groups in total. The minimum Gasteiger partial charge on any atom is -0.478 e. The molecule has 0 bridgehead atoms. The van der Waals surface area contributed by atoms with E-state index < -0.39 is 5.97 Å². The molecule has 0 amide bonds. The Labute approximate surface area is 101 Å². The van der Waals surface area contributed by atoms with Gasteiger partial charge in [0.1, 0.15) is 5.56 Å². The van der Waals surface area contributed by atoms with Crippen molar-refractivity contribution in [1.29, 1.82) is 0 Å². The predicted octanol–water partition coefficient (Wildman–Crippen LogP) is 2.32. The second-order valence-electron chi connectivity index (χ2n) is 4.82. The van der Waals surface area contributed by atoms with Gasteiger partial charge in [0.15, 0.2) is 0 Å². The summed E-state index contributed by atoms with van der Waals surface area (Å²) in [5.74, 6) is -0.159. The Balaban J connectivity index is 2.30. The zero-order chi connectivity index (χ0) is 12.4. The van der Waals surface area contributed by atoms with Crippen LogP contribution in [0.4, 0.5) is 5.69 Å². The number of aromatic nitrogens is 1. The normalized spacial score (nSPS) is 17.2. The van der Waals surface area contributed by atoms with Gasteiger partial charge in [0, 0.05) is 25.0 Å². The summed E-state index contributed by atoms with van der Waals surface area (Å²) >= 11 is 0. The number of piperidine rings is 1. The molecule has 92 valence electrons. The Kier molecular flexibility index (Phi) is 3.31. The van der Waals surface area contributed by atoms with Crippen molar-refractivity contribution in [1.82, 2.24) is 4.98 Å². The lowest BCUT2D eigenvalue weighted by Crippen LogP contribution is -2.34. The number of hydrogen-bond donors (Lipinski definition) is 1. The molecule has 1 aliphatic heterocycles. The first kappa shape index (κ1) is 11.9. The summed E-state index contributed by atoms with van der Waals surface area (Å²) in [5, 5.41) is 9.17. The monoisotopic (exact) mass is 234 g/mol. The number of pyridine rings is 1. The van der Waals surface area contributed by atoms with E-state index in [9.17, 15) is 9.90 Å². The van der Waals surface area contributed by atoms with E-state index >= 15 is 0 Å². The van der Waals surface area contributed by atoms with Gasteiger partial charge in [-0.05, 0) is 31.7 Å². The second-order valence-corrected chi connectivity index (χ2v) is 4.82. The van der Waals surface area contributed by atoms with E-state index in [2.05, 4.69) is 16.8 Å². The van der Waals surface area contributed by atoms with Gasteiger partial charge in [-0.3, -0.25) is 4.98 Å². The Morgan fingerprint density at radius 1 is 1.47 bits per heavy atom. The average Bonchev–Trinajstić information content (AvgIpc) is 2.29. The molecule has 2 heterocycles. The van der Waals surface area contributed by atoms with Crippen LogP contribution < -0.4 is 4.90 Å². The summed E-state index contributed by atoms with van der Waals surface area (Å²) in [7, 11) is 0. The predicted molar refractivity (Wildman–Crippen MR) is 66.5 cm³/mol. The molecule has 4 nitrogen and oxygen atoms in total. The smallest absolute Gasteiger partial charge is 0.339 e. The van der Waals surface area contributed by atoms with Gasteiger partial charge in [0.2, 0.25) is 0 Å². The number of aryl methyl sites for hydroxylation is 1. The number of carbonyl (C=O) groups is 1. The van der Waals surface area contributed by atoms with Gasteiger partial charge in [-0.25, -0.2) is 4.79 Å². The van der Waals surface area contributed by atoms with Crippen LogP contribution in [0.25, 0.3) is 0 Å². The van der Waals surface area contributed by atoms with E-state index in [1.807, 2.05) is 13.0 Å². The van der Waals surface area contributed by atoms with Gasteiger partial charge in [0.25, 0.3) is 0 Å². The summed E-state index contributed by atoms with van der Waals surface area (Å²) in [6, 6.07) is 1.87. The molecule has 1 saturated heterocycles. The lowest BCUT2D eigenvalue weighted by Gasteiger charge is -2.33. The number of hydrogen-bond acceptors (Lipinski definition) is 3. The van der Waals surface area contributed by atoms with E-state index in [0.29, 0.717) is 5.56 Å². The molecule has 0 radical (unpaired) electrons. The Morgan fingerprint density at radius 2 is 2.12 bits per heavy atom. The number of carboxylic acids is 1. The van der Waals surface area contributed by atoms with Gasteiger partial charge in [-0.2, -0.15) is 0 Å². The molecule has 0 atom stereocenters. The topological polar surface area (TPSA) is 53.4 Å². The first-order valence-electron chi connectivity index (χ1n) is 6.03. The van der Waals surface area contributed by atoms with Crippen LogP contribution in [-0.2, 0) is 0 Å². The van der Waals surface area contributed by atoms with Crippen molar-refractivity contribution in [3.05, 3.63) is 23.5 Å². The van der Waals surface area contributed by atoms with Crippen molar-refractivity contribution in [2.75, 3.05) is 18.0 Å². The fraction of sp³-hybridized carbons (Fsp3) is 0.538. The first-order chi connectivity index (χ1) is 8.08. The summed E-state index contributed by atoms with van der Waals surface area (Å²) in [5.41, 5.74) is 1.99. The van der Waals surface area contributed by atoms with Crippen LogP contribution in [0.5, 0.6) is 0 Å². The van der Waals surface area contributed by atoms with Gasteiger partial charge in [-0.1, -0.05) is 6.92 Å². The molecule has 1 aliphatic rings. The second kappa shape index (κ2) is 4.73. The van der Waals surface area contributed by atoms with Crippen LogP contribution in [0, 0.1) is 12.8 Å². The summed E-state index contributed by atoms with van der Waals surface area (Å²) in [6.45, 7) is 6.00. The van der Waals surface area contributed by atoms with E-state index in [1.54, 1.807) is 0 Å². The Morgan fingerprint density at radius 3 is 2.71 bits per heavy atom. The zero-order valence-corrected chi connectivity index (χ0v) is 10.3. The fourth-order valence-corrected chi connectivity index (χ4v) is 2.22. The van der Waals surface area contributed by atoms with Crippen LogP contribution in [0.15, 0.2) is 12.3 Å². The number of rotatable bonds is 2. The van der Waals surface area contributed by atoms with Gasteiger partial charge in [0.05, 0.1) is 5.69 Å². The quantitative estimate of drug-likeness (QED) is 0.853. The maximum Gasteiger partial charge on any atom is 0.339 e. The standard InChI is InChI=1S/C13H18N2O2/c1-9-3-5-15(6-4-9)12-7-10(2)14-8-11(12)13(16)17/h7-9H,3-6H2,1-2H3,(H,16,17). The lowest BCUT2D eigenvalue weighted by atomic mass is 9.98. The van der Waals surface area contributed by atoms with Crippen molar-refractivity contribution in [3.63, 3.8) is 0 Å². The first-order valence-corrected chi connectivity index (χ1v) is 6.03. The minimum absolute atomic E-state index is 0.310. The van der Waals surface area contributed by atoms with Crippen molar-refractivity contribution in [3.8, 4) is 0 Å². The average molecular weight is 234 g/mol. The molecule has 0 aliphatic carbocycles. The van der Waals surface area contributed by atoms with Crippen LogP contribution in [0.2, 0.25) is 0 Å². The highest BCUT2D eigenvalue weighted by atomic mass is 16.4. The number of aromatic carboxylic acids is 1. The number of carboxylic acid groups (broad SMARTS) is 1. The van der Waals surface area contributed by atoms with Gasteiger partial charge >= 0.3 is 5.97 Å². The molecule has 1 fully saturated rings. The molecule has 1 aromatic heterocycles. The highest BCUT2D eigenvalue weighted by Gasteiger charge is 2.21. The van der Waals surface area contributed by atoms with E-state index in [-0.39, 0.29) is 0 Å². The molecular weight excluding hydrogens is 216 g/mol. The largest absolute Gasteiger partial charge is 0.478 e. The molecule has 2 rings (SSSR count). The fourth-order valence-electron chi connectivity index (χ4n) is 2.22. The highest BCUT2D eigenvalue weighted by molar-refractivity contribution is 5.94. The van der Waals surface area contributed by atoms with E-state index in [1.165, 1.54) is 6.20 Å². The van der Waals surface area contributed by atoms with Crippen molar-refractivity contribution < 1.29 is 9.90 Å². The molecule has 0 spiro atoms. The van der Waals surface area contributed by atoms with E-state index in [0.717, 1.165) is 43.2 Å². The summed E-state index contributed by atoms with van der Waals surface area (Å²) < 4.78 is 0. The third-order valence-corrected chi connectivity index (χ3v) is 3.37. The molecule has 1 aromatic rings. The third-order valence-electron chi connectivity index (χ3n) is 3.37. The van der Waals surface area contributed by atoms with Crippen LogP contribution in [-0.4, -0.2) is 29.1 Å². The number of nitrogens with zero attached hydrogens (tertiary/aromatic N) is 2. The maximum absolute atomic E-state index is 11.2. The Hall–Kier alpha value is -1.58. The Bertz CT molecular complexity index is 423. The summed E-state index contributed by atoms with van der Waals surface area (Å²) in [4.78, 5) is 17.4. The van der Waals surface area contributed by atoms with E-state index in [4.69, 9.17) is 0 Å². The molecule has 17 heavy (non-hydrogen) atoms. The van der Waals surface area contributed by atoms with Crippen LogP contribution in [0.1, 0.15) is 35.8 Å². The molecule has 4 heteroatoms. The van der Waals surface area contributed by atoms with Crippen LogP contribution >= 0.6 is 0 Å². The zero-order valence-electron chi connectivity index (χ0n) is 10.3. The SMILES string of the molecule is Cc1cc(N2CCC(C)CC2)c(C(=O)O)cn1. The summed E-state index contributed by atoms with van der Waals surface area (Å²) in [6.07, 6.45) is 3.71. The lowest BCUT2D eigenvalue weighted by molar-refractivity contribution is 0.0697. The molecule has 0 unspecified atom stereocenters. The van der Waals surface area contributed by atoms with Crippen molar-refractivity contribution in [2.24, 2.45) is 5.92 Å². The third kappa shape index (κ3) is 2.57. The van der Waals surface area contributed by atoms with Gasteiger partial charge < -0.3 is 10.0 Å². The van der Waals surface area contributed by atoms with Crippen LogP contribution in [0.3, 0.4) is 0 Å². The van der Waals surface area contributed by atoms with Crippen molar-refractivity contribution >= 4 is 11.7 Å². The molecule has 0 saturated carbocycles. The number of anilines is 1. The maximum atomic E-state index is 11.2. The minimum atomic E-state index is -0.897. The van der Waals surface area contributed by atoms with Crippen molar-refractivity contribution in [2.45, 2.75) is 26.7 Å². The highest BCUT2D eigenvalue weighted by Crippen LogP contribution is 2.26. The van der Waals surface area contributed by atoms with Gasteiger partial charge in [-0.15, -0.1) is 0 Å². The molecule has 0 aromatic carbocycles. The molecular formula is C13H18N2O2.